The van der Waals surface area contributed by atoms with Gasteiger partial charge in [-0.25, -0.2) is 20.2 Å². The Kier molecular flexibility index (Phi) is 4.59. The third-order valence-corrected chi connectivity index (χ3v) is 2.44. The minimum absolute atomic E-state index is 0.0461. The molecule has 0 heterocycles. The maximum absolute atomic E-state index is 11.1. The standard InChI is InChI=1S/C14H6N4O2/c1-17-12(6-15)10-5-14(20-3)11(4-9(10)8-19)13(7-16)18-2/h4-5,8H,3H3. The Labute approximate surface area is 114 Å². The first-order valence-electron chi connectivity index (χ1n) is 5.13. The van der Waals surface area contributed by atoms with Gasteiger partial charge in [0.15, 0.2) is 0 Å². The number of aldehydes is 1. The largest absolute Gasteiger partial charge is 0.497 e. The lowest BCUT2D eigenvalue weighted by Gasteiger charge is -2.04. The summed E-state index contributed by atoms with van der Waals surface area (Å²) in [5.41, 5.74) is -0.458. The predicted octanol–water partition coefficient (Wildman–Crippen LogP) is 0.610. The average molecular weight is 262 g/mol. The van der Waals surface area contributed by atoms with E-state index in [1.807, 2.05) is 0 Å². The summed E-state index contributed by atoms with van der Waals surface area (Å²) < 4.78 is 5.05. The molecule has 6 heteroatoms. The van der Waals surface area contributed by atoms with Crippen LogP contribution in [0, 0.1) is 35.8 Å². The number of carbonyl (C=O) groups excluding carboxylic acids is 1. The fourth-order valence-electron chi connectivity index (χ4n) is 1.54. The number of rotatable bonds is 2. The van der Waals surface area contributed by atoms with Gasteiger partial charge in [0.2, 0.25) is 0 Å². The Morgan fingerprint density at radius 1 is 1.20 bits per heavy atom. The molecular weight excluding hydrogens is 256 g/mol. The molecule has 0 N–H and O–H groups in total. The van der Waals surface area contributed by atoms with E-state index in [0.29, 0.717) is 6.29 Å². The van der Waals surface area contributed by atoms with Gasteiger partial charge in [-0.05, 0) is 6.07 Å². The van der Waals surface area contributed by atoms with Crippen LogP contribution in [-0.4, -0.2) is 13.4 Å². The number of hydrogen-bond donors (Lipinski definition) is 0. The number of nitrogens with zero attached hydrogens (tertiary/aromatic N) is 4. The number of nitriles is 2. The molecule has 94 valence electrons. The van der Waals surface area contributed by atoms with E-state index in [2.05, 4.69) is 9.69 Å². The van der Waals surface area contributed by atoms with Gasteiger partial charge in [-0.2, -0.15) is 0 Å². The molecule has 0 atom stereocenters. The normalized spacial score (nSPS) is 11.8. The quantitative estimate of drug-likeness (QED) is 0.577. The predicted molar refractivity (Wildman–Crippen MR) is 68.9 cm³/mol. The van der Waals surface area contributed by atoms with Gasteiger partial charge < -0.3 is 4.74 Å². The molecule has 20 heavy (non-hydrogen) atoms. The van der Waals surface area contributed by atoms with E-state index in [-0.39, 0.29) is 33.1 Å². The molecule has 0 unspecified atom stereocenters. The van der Waals surface area contributed by atoms with E-state index >= 15 is 0 Å². The minimum atomic E-state index is -0.265. The summed E-state index contributed by atoms with van der Waals surface area (Å²) >= 11 is 0. The van der Waals surface area contributed by atoms with Crippen LogP contribution in [-0.2, 0) is 0 Å². The molecule has 0 radical (unpaired) electrons. The Morgan fingerprint density at radius 3 is 2.15 bits per heavy atom. The fourth-order valence-corrected chi connectivity index (χ4v) is 1.54. The van der Waals surface area contributed by atoms with Crippen LogP contribution in [0.15, 0.2) is 12.1 Å². The Bertz CT molecular complexity index is 823. The van der Waals surface area contributed by atoms with Gasteiger partial charge in [0, 0.05) is 16.0 Å². The summed E-state index contributed by atoms with van der Waals surface area (Å²) in [6.45, 7) is 13.8. The molecule has 6 nitrogen and oxygen atoms in total. The molecule has 0 spiro atoms. The molecule has 0 fully saturated rings. The highest BCUT2D eigenvalue weighted by Gasteiger charge is 2.09. The van der Waals surface area contributed by atoms with Gasteiger partial charge in [0.1, 0.15) is 12.0 Å². The zero-order valence-corrected chi connectivity index (χ0v) is 10.3. The first kappa shape index (κ1) is 14.5. The maximum Gasteiger partial charge on any atom is 0.272 e. The van der Waals surface area contributed by atoms with E-state index in [0.717, 1.165) is 0 Å². The summed E-state index contributed by atoms with van der Waals surface area (Å²) in [5, 5.41) is 18.0. The summed E-state index contributed by atoms with van der Waals surface area (Å²) in [5.74, 6) is 0.148. The molecule has 0 aliphatic rings. The smallest absolute Gasteiger partial charge is 0.272 e. The zero-order chi connectivity index (χ0) is 15.1. The molecule has 1 aromatic carbocycles. The average Bonchev–Trinajstić information content (AvgIpc) is 2.50. The second-order valence-electron chi connectivity index (χ2n) is 3.40. The van der Waals surface area contributed by atoms with Crippen LogP contribution in [0.3, 0.4) is 0 Å². The van der Waals surface area contributed by atoms with Gasteiger partial charge >= 0.3 is 0 Å². The minimum Gasteiger partial charge on any atom is -0.497 e. The van der Waals surface area contributed by atoms with Crippen LogP contribution in [0.5, 0.6) is 5.75 Å². The van der Waals surface area contributed by atoms with Crippen LogP contribution in [0.1, 0.15) is 10.4 Å². The number of carbonyl (C=O) groups is 1. The Hall–Kier alpha value is -3.61. The first-order valence-corrected chi connectivity index (χ1v) is 5.13. The van der Waals surface area contributed by atoms with Crippen LogP contribution in [0.25, 0.3) is 21.1 Å². The van der Waals surface area contributed by atoms with Crippen molar-refractivity contribution < 1.29 is 9.53 Å². The molecule has 0 aliphatic carbocycles. The third-order valence-electron chi connectivity index (χ3n) is 2.44. The molecular formula is C14H6N4O2. The molecule has 0 saturated carbocycles. The Morgan fingerprint density at radius 2 is 1.75 bits per heavy atom. The lowest BCUT2D eigenvalue weighted by Crippen LogP contribution is -2.20. The molecule has 1 aromatic rings. The molecule has 0 saturated heterocycles. The summed E-state index contributed by atoms with van der Waals surface area (Å²) in [6, 6.07) is 5.96. The van der Waals surface area contributed by atoms with Crippen molar-refractivity contribution in [1.29, 1.82) is 10.5 Å². The summed E-state index contributed by atoms with van der Waals surface area (Å²) in [4.78, 5) is 17.2. The van der Waals surface area contributed by atoms with E-state index in [4.69, 9.17) is 28.4 Å². The van der Waals surface area contributed by atoms with Crippen molar-refractivity contribution in [2.45, 2.75) is 0 Å². The van der Waals surface area contributed by atoms with Gasteiger partial charge in [0.05, 0.1) is 32.4 Å². The van der Waals surface area contributed by atoms with E-state index in [9.17, 15) is 4.79 Å². The topological polar surface area (TPSA) is 82.6 Å². The number of hydrogen-bond acceptors (Lipinski definition) is 4. The highest BCUT2D eigenvalue weighted by atomic mass is 16.5. The molecule has 0 aromatic heterocycles. The fraction of sp³-hybridized carbons (Fsp3) is 0.0714. The second kappa shape index (κ2) is 6.36. The molecule has 1 rings (SSSR count). The van der Waals surface area contributed by atoms with Crippen molar-refractivity contribution in [2.24, 2.45) is 0 Å². The van der Waals surface area contributed by atoms with Gasteiger partial charge in [-0.15, -0.1) is 0 Å². The molecule has 0 aliphatic heterocycles. The number of methoxy groups -OCH3 is 1. The van der Waals surface area contributed by atoms with Gasteiger partial charge in [-0.1, -0.05) is 6.07 Å². The van der Waals surface area contributed by atoms with Crippen LogP contribution < -0.4 is 15.2 Å². The van der Waals surface area contributed by atoms with E-state index in [1.165, 1.54) is 19.2 Å². The highest BCUT2D eigenvalue weighted by molar-refractivity contribution is 5.81. The van der Waals surface area contributed by atoms with Crippen LogP contribution in [0.2, 0.25) is 0 Å². The lowest BCUT2D eigenvalue weighted by molar-refractivity contribution is 0.112. The summed E-state index contributed by atoms with van der Waals surface area (Å²) in [7, 11) is 1.33. The van der Waals surface area contributed by atoms with Crippen molar-refractivity contribution in [2.75, 3.05) is 7.11 Å². The lowest BCUT2D eigenvalue weighted by atomic mass is 10.1. The van der Waals surface area contributed by atoms with Gasteiger partial charge in [0.25, 0.3) is 11.4 Å². The number of ether oxygens (including phenoxy) is 1. The van der Waals surface area contributed by atoms with Gasteiger partial charge in [-0.3, -0.25) is 4.79 Å². The Balaban J connectivity index is 4.12. The zero-order valence-electron chi connectivity index (χ0n) is 10.3. The van der Waals surface area contributed by atoms with E-state index in [1.54, 1.807) is 12.1 Å². The van der Waals surface area contributed by atoms with Crippen LogP contribution >= 0.6 is 0 Å². The SMILES string of the molecule is [C-]#[N+]C(C#N)=c1cc(OC)c(=C(C#N)[N+]#[C-])cc1C=O. The van der Waals surface area contributed by atoms with Crippen LogP contribution in [0.4, 0.5) is 0 Å². The van der Waals surface area contributed by atoms with Crippen molar-refractivity contribution in [3.63, 3.8) is 0 Å². The number of benzene rings is 1. The highest BCUT2D eigenvalue weighted by Crippen LogP contribution is 2.06. The monoisotopic (exact) mass is 262 g/mol. The third kappa shape index (κ3) is 2.46. The van der Waals surface area contributed by atoms with Crippen molar-refractivity contribution in [3.05, 3.63) is 51.0 Å². The van der Waals surface area contributed by atoms with Crippen molar-refractivity contribution in [3.8, 4) is 17.9 Å². The first-order chi connectivity index (χ1) is 9.66. The molecule has 0 amide bonds. The van der Waals surface area contributed by atoms with Crippen molar-refractivity contribution in [1.82, 2.24) is 0 Å². The summed E-state index contributed by atoms with van der Waals surface area (Å²) in [6.07, 6.45) is 0.458. The van der Waals surface area contributed by atoms with E-state index < -0.39 is 0 Å². The molecule has 0 bridgehead atoms. The second-order valence-corrected chi connectivity index (χ2v) is 3.40. The maximum atomic E-state index is 11.1. The van der Waals surface area contributed by atoms with Crippen molar-refractivity contribution >= 4 is 17.7 Å².